The molecule has 0 aliphatic heterocycles. The first-order valence-electron chi connectivity index (χ1n) is 8.93. The average Bonchev–Trinajstić information content (AvgIpc) is 3.17. The van der Waals surface area contributed by atoms with Crippen LogP contribution in [0, 0.1) is 0 Å². The Balaban J connectivity index is 1.76. The molecular formula is C19H17Cl2FN4O4S. The fraction of sp³-hybridized carbons (Fsp3) is 0.263. The molecule has 0 spiro atoms. The average molecular weight is 487 g/mol. The molecule has 31 heavy (non-hydrogen) atoms. The molecule has 0 fully saturated rings. The molecule has 0 saturated heterocycles. The normalized spacial score (nSPS) is 13.2. The van der Waals surface area contributed by atoms with Crippen molar-refractivity contribution in [2.75, 3.05) is 6.67 Å². The van der Waals surface area contributed by atoms with Crippen LogP contribution < -0.4 is 10.6 Å². The van der Waals surface area contributed by atoms with Gasteiger partial charge in [0.15, 0.2) is 4.84 Å². The number of hydrogen-bond donors (Lipinski definition) is 4. The van der Waals surface area contributed by atoms with E-state index in [1.165, 1.54) is 11.3 Å². The smallest absolute Gasteiger partial charge is 0.405 e. The van der Waals surface area contributed by atoms with Crippen molar-refractivity contribution in [2.45, 2.75) is 23.5 Å². The SMILES string of the molecule is O=C(O)NCc1nc2cc(-c3ccc([C@@H](O)[C@@H](CF)NC(=O)C(Cl)Cl)cc3)cnc2s1. The minimum absolute atomic E-state index is 0.0960. The van der Waals surface area contributed by atoms with Crippen LogP contribution >= 0.6 is 34.5 Å². The third-order valence-electron chi connectivity index (χ3n) is 4.34. The van der Waals surface area contributed by atoms with Gasteiger partial charge in [-0.1, -0.05) is 58.8 Å². The molecule has 12 heteroatoms. The third-order valence-corrected chi connectivity index (χ3v) is 5.72. The molecule has 2 heterocycles. The lowest BCUT2D eigenvalue weighted by Gasteiger charge is -2.22. The Morgan fingerprint density at radius 2 is 1.90 bits per heavy atom. The van der Waals surface area contributed by atoms with Gasteiger partial charge in [0.2, 0.25) is 0 Å². The Kier molecular flexibility index (Phi) is 7.60. The molecule has 0 aliphatic rings. The van der Waals surface area contributed by atoms with E-state index in [4.69, 9.17) is 28.3 Å². The highest BCUT2D eigenvalue weighted by Gasteiger charge is 2.25. The van der Waals surface area contributed by atoms with Crippen LogP contribution in [0.1, 0.15) is 16.7 Å². The van der Waals surface area contributed by atoms with Crippen LogP contribution in [0.25, 0.3) is 21.5 Å². The number of aromatic nitrogens is 2. The van der Waals surface area contributed by atoms with E-state index in [1.807, 2.05) is 6.07 Å². The summed E-state index contributed by atoms with van der Waals surface area (Å²) in [7, 11) is 0. The predicted octanol–water partition coefficient (Wildman–Crippen LogP) is 3.42. The first kappa shape index (κ1) is 23.1. The second-order valence-electron chi connectivity index (χ2n) is 6.45. The van der Waals surface area contributed by atoms with Gasteiger partial charge in [0.25, 0.3) is 5.91 Å². The minimum Gasteiger partial charge on any atom is -0.465 e. The molecule has 3 rings (SSSR count). The standard InChI is InChI=1S/C19H17Cl2FN4O4S/c20-16(21)17(28)26-13(6-22)15(27)10-3-1-9(2-4-10)11-5-12-18(23-7-11)31-14(25-12)8-24-19(29)30/h1-5,7,13,15-16,24,27H,6,8H2,(H,26,28)(H,29,30)/t13-,15-/m1/s1. The van der Waals surface area contributed by atoms with E-state index in [9.17, 15) is 19.1 Å². The van der Waals surface area contributed by atoms with Crippen molar-refractivity contribution in [1.82, 2.24) is 20.6 Å². The van der Waals surface area contributed by atoms with E-state index in [0.717, 1.165) is 11.1 Å². The minimum atomic E-state index is -1.36. The summed E-state index contributed by atoms with van der Waals surface area (Å²) >= 11 is 12.2. The molecular weight excluding hydrogens is 470 g/mol. The Labute approximate surface area is 190 Å². The fourth-order valence-electron chi connectivity index (χ4n) is 2.81. The number of nitrogens with one attached hydrogen (secondary N) is 2. The number of carbonyl (C=O) groups is 2. The maximum atomic E-state index is 13.3. The van der Waals surface area contributed by atoms with Gasteiger partial charge in [-0.15, -0.1) is 0 Å². The molecule has 4 N–H and O–H groups in total. The van der Waals surface area contributed by atoms with Gasteiger partial charge in [0.05, 0.1) is 12.6 Å². The zero-order valence-electron chi connectivity index (χ0n) is 15.8. The van der Waals surface area contributed by atoms with E-state index >= 15 is 0 Å². The Hall–Kier alpha value is -2.53. The fourth-order valence-corrected chi connectivity index (χ4v) is 3.76. The molecule has 2 aromatic heterocycles. The highest BCUT2D eigenvalue weighted by molar-refractivity contribution is 7.18. The van der Waals surface area contributed by atoms with E-state index in [-0.39, 0.29) is 6.54 Å². The number of aliphatic hydroxyl groups is 1. The summed E-state index contributed by atoms with van der Waals surface area (Å²) in [6, 6.07) is 7.31. The van der Waals surface area contributed by atoms with Crippen LogP contribution in [0.5, 0.6) is 0 Å². The second-order valence-corrected chi connectivity index (χ2v) is 8.61. The molecule has 2 atom stereocenters. The number of aliphatic hydroxyl groups excluding tert-OH is 1. The number of rotatable bonds is 8. The first-order chi connectivity index (χ1) is 14.8. The van der Waals surface area contributed by atoms with Crippen molar-refractivity contribution in [1.29, 1.82) is 0 Å². The number of carboxylic acid groups (broad SMARTS) is 1. The van der Waals surface area contributed by atoms with E-state index < -0.39 is 35.7 Å². The summed E-state index contributed by atoms with van der Waals surface area (Å²) in [6.07, 6.45) is -0.764. The van der Waals surface area contributed by atoms with Crippen LogP contribution in [-0.4, -0.2) is 49.7 Å². The zero-order chi connectivity index (χ0) is 22.5. The van der Waals surface area contributed by atoms with Crippen molar-refractivity contribution in [3.05, 3.63) is 47.1 Å². The molecule has 0 bridgehead atoms. The highest BCUT2D eigenvalue weighted by Crippen LogP contribution is 2.27. The van der Waals surface area contributed by atoms with E-state index in [1.54, 1.807) is 30.5 Å². The van der Waals surface area contributed by atoms with Gasteiger partial charge in [0.1, 0.15) is 28.1 Å². The van der Waals surface area contributed by atoms with Crippen LogP contribution in [0.4, 0.5) is 9.18 Å². The lowest BCUT2D eigenvalue weighted by Crippen LogP contribution is -2.43. The molecule has 0 radical (unpaired) electrons. The Bertz CT molecular complexity index is 1080. The monoisotopic (exact) mass is 486 g/mol. The number of amides is 2. The zero-order valence-corrected chi connectivity index (χ0v) is 18.1. The van der Waals surface area contributed by atoms with Gasteiger partial charge in [-0.2, -0.15) is 0 Å². The maximum Gasteiger partial charge on any atom is 0.405 e. The molecule has 3 aromatic rings. The Morgan fingerprint density at radius 3 is 2.52 bits per heavy atom. The number of hydrogen-bond acceptors (Lipinski definition) is 6. The number of halogens is 3. The van der Waals surface area contributed by atoms with Crippen molar-refractivity contribution in [2.24, 2.45) is 0 Å². The molecule has 1 aromatic carbocycles. The van der Waals surface area contributed by atoms with Gasteiger partial charge in [0, 0.05) is 11.8 Å². The van der Waals surface area contributed by atoms with Crippen molar-refractivity contribution >= 4 is 56.9 Å². The summed E-state index contributed by atoms with van der Waals surface area (Å²) in [5.41, 5.74) is 2.58. The summed E-state index contributed by atoms with van der Waals surface area (Å²) in [4.78, 5) is 30.3. The number of nitrogens with zero attached hydrogens (tertiary/aromatic N) is 2. The van der Waals surface area contributed by atoms with Crippen LogP contribution in [-0.2, 0) is 11.3 Å². The van der Waals surface area contributed by atoms with Gasteiger partial charge < -0.3 is 20.8 Å². The van der Waals surface area contributed by atoms with Gasteiger partial charge in [-0.3, -0.25) is 4.79 Å². The number of fused-ring (bicyclic) bond motifs is 1. The molecule has 2 amide bonds. The summed E-state index contributed by atoms with van der Waals surface area (Å²) in [5.74, 6) is -0.790. The summed E-state index contributed by atoms with van der Waals surface area (Å²) in [6.45, 7) is -0.905. The molecule has 164 valence electrons. The van der Waals surface area contributed by atoms with Crippen LogP contribution in [0.15, 0.2) is 36.5 Å². The van der Waals surface area contributed by atoms with Crippen molar-refractivity contribution < 1.29 is 24.2 Å². The number of thiazole rings is 1. The topological polar surface area (TPSA) is 124 Å². The molecule has 0 saturated carbocycles. The number of alkyl halides is 3. The summed E-state index contributed by atoms with van der Waals surface area (Å²) in [5, 5.41) is 24.2. The molecule has 0 aliphatic carbocycles. The van der Waals surface area contributed by atoms with Gasteiger partial charge in [-0.25, -0.2) is 19.2 Å². The number of carbonyl (C=O) groups excluding carboxylic acids is 1. The maximum absolute atomic E-state index is 13.3. The molecule has 8 nitrogen and oxygen atoms in total. The lowest BCUT2D eigenvalue weighted by molar-refractivity contribution is -0.121. The van der Waals surface area contributed by atoms with E-state index in [2.05, 4.69) is 20.6 Å². The van der Waals surface area contributed by atoms with Crippen LogP contribution in [0.3, 0.4) is 0 Å². The third kappa shape index (κ3) is 5.79. The van der Waals surface area contributed by atoms with Gasteiger partial charge >= 0.3 is 6.09 Å². The van der Waals surface area contributed by atoms with Crippen LogP contribution in [0.2, 0.25) is 0 Å². The number of pyridine rings is 1. The Morgan fingerprint density at radius 1 is 1.19 bits per heavy atom. The van der Waals surface area contributed by atoms with Crippen molar-refractivity contribution in [3.8, 4) is 11.1 Å². The highest BCUT2D eigenvalue weighted by atomic mass is 35.5. The van der Waals surface area contributed by atoms with Gasteiger partial charge in [-0.05, 0) is 17.2 Å². The first-order valence-corrected chi connectivity index (χ1v) is 10.6. The largest absolute Gasteiger partial charge is 0.465 e. The quantitative estimate of drug-likeness (QED) is 0.361. The lowest BCUT2D eigenvalue weighted by atomic mass is 9.99. The summed E-state index contributed by atoms with van der Waals surface area (Å²) < 4.78 is 13.3. The predicted molar refractivity (Wildman–Crippen MR) is 116 cm³/mol. The van der Waals surface area contributed by atoms with Crippen molar-refractivity contribution in [3.63, 3.8) is 0 Å². The van der Waals surface area contributed by atoms with E-state index in [0.29, 0.717) is 20.9 Å². The molecule has 0 unspecified atom stereocenters. The second kappa shape index (κ2) is 10.2. The number of benzene rings is 1.